The van der Waals surface area contributed by atoms with Crippen LogP contribution in [0.25, 0.3) is 0 Å². The lowest BCUT2D eigenvalue weighted by Gasteiger charge is -2.17. The molecule has 0 aliphatic carbocycles. The quantitative estimate of drug-likeness (QED) is 0.811. The van der Waals surface area contributed by atoms with E-state index in [1.807, 2.05) is 43.3 Å². The van der Waals surface area contributed by atoms with Crippen LogP contribution in [-0.4, -0.2) is 12.1 Å². The van der Waals surface area contributed by atoms with Crippen molar-refractivity contribution in [3.05, 3.63) is 48.3 Å². The van der Waals surface area contributed by atoms with Gasteiger partial charge in [0.25, 0.3) is 0 Å². The van der Waals surface area contributed by atoms with Crippen molar-refractivity contribution in [2.24, 2.45) is 0 Å². The largest absolute Gasteiger partial charge is 0.497 e. The van der Waals surface area contributed by atoms with E-state index in [2.05, 4.69) is 10.3 Å². The maximum Gasteiger partial charge on any atom is 0.121 e. The molecular weight excluding hydrogens is 226 g/mol. The number of nitrogens with one attached hydrogen (secondary N) is 1. The van der Waals surface area contributed by atoms with Gasteiger partial charge in [-0.05, 0) is 31.2 Å². The van der Waals surface area contributed by atoms with Gasteiger partial charge in [-0.1, -0.05) is 6.07 Å². The van der Waals surface area contributed by atoms with E-state index in [1.54, 1.807) is 13.3 Å². The summed E-state index contributed by atoms with van der Waals surface area (Å²) in [4.78, 5) is 4.31. The molecule has 0 spiro atoms. The van der Waals surface area contributed by atoms with E-state index in [0.29, 0.717) is 5.69 Å². The van der Waals surface area contributed by atoms with E-state index in [9.17, 15) is 0 Å². The second-order valence-corrected chi connectivity index (χ2v) is 4.07. The molecule has 1 unspecified atom stereocenters. The predicted octanol–water partition coefficient (Wildman–Crippen LogP) is 2.85. The van der Waals surface area contributed by atoms with Crippen LogP contribution in [0.1, 0.15) is 18.7 Å². The summed E-state index contributed by atoms with van der Waals surface area (Å²) < 4.78 is 5.19. The minimum Gasteiger partial charge on any atom is -0.497 e. The third kappa shape index (κ3) is 2.71. The smallest absolute Gasteiger partial charge is 0.121 e. The number of nitrogens with zero attached hydrogens (tertiary/aromatic N) is 1. The minimum absolute atomic E-state index is 0.0839. The highest BCUT2D eigenvalue weighted by molar-refractivity contribution is 5.68. The fourth-order valence-electron chi connectivity index (χ4n) is 1.73. The number of hydrogen-bond donors (Lipinski definition) is 2. The predicted molar refractivity (Wildman–Crippen MR) is 73.7 cm³/mol. The molecule has 0 radical (unpaired) electrons. The molecule has 3 N–H and O–H groups in total. The lowest BCUT2D eigenvalue weighted by molar-refractivity contribution is 0.415. The SMILES string of the molecule is COc1ccc(N)c(NC(C)c2ccccn2)c1. The topological polar surface area (TPSA) is 60.2 Å². The van der Waals surface area contributed by atoms with Crippen LogP contribution in [0.15, 0.2) is 42.6 Å². The zero-order valence-corrected chi connectivity index (χ0v) is 10.6. The standard InChI is InChI=1S/C14H17N3O/c1-10(13-5-3-4-8-16-13)17-14-9-11(18-2)6-7-12(14)15/h3-10,17H,15H2,1-2H3. The molecule has 4 heteroatoms. The molecule has 0 aliphatic heterocycles. The Morgan fingerprint density at radius 3 is 2.78 bits per heavy atom. The number of anilines is 2. The third-order valence-electron chi connectivity index (χ3n) is 2.76. The maximum absolute atomic E-state index is 5.93. The zero-order chi connectivity index (χ0) is 13.0. The van der Waals surface area contributed by atoms with Gasteiger partial charge in [-0.2, -0.15) is 0 Å². The summed E-state index contributed by atoms with van der Waals surface area (Å²) in [6, 6.07) is 11.5. The Balaban J connectivity index is 2.18. The van der Waals surface area contributed by atoms with Crippen molar-refractivity contribution in [1.82, 2.24) is 4.98 Å². The first-order valence-electron chi connectivity index (χ1n) is 5.81. The maximum atomic E-state index is 5.93. The lowest BCUT2D eigenvalue weighted by Crippen LogP contribution is -2.09. The van der Waals surface area contributed by atoms with Crippen molar-refractivity contribution in [3.8, 4) is 5.75 Å². The van der Waals surface area contributed by atoms with E-state index in [-0.39, 0.29) is 6.04 Å². The van der Waals surface area contributed by atoms with E-state index in [1.165, 1.54) is 0 Å². The molecule has 4 nitrogen and oxygen atoms in total. The lowest BCUT2D eigenvalue weighted by atomic mass is 10.2. The molecule has 2 aromatic rings. The Kier molecular flexibility index (Phi) is 3.67. The van der Waals surface area contributed by atoms with Crippen LogP contribution in [0.3, 0.4) is 0 Å². The number of hydrogen-bond acceptors (Lipinski definition) is 4. The summed E-state index contributed by atoms with van der Waals surface area (Å²) >= 11 is 0. The van der Waals surface area contributed by atoms with Crippen molar-refractivity contribution in [2.75, 3.05) is 18.2 Å². The van der Waals surface area contributed by atoms with Gasteiger partial charge < -0.3 is 15.8 Å². The van der Waals surface area contributed by atoms with E-state index >= 15 is 0 Å². The molecule has 1 atom stereocenters. The molecule has 0 bridgehead atoms. The van der Waals surface area contributed by atoms with Crippen molar-refractivity contribution < 1.29 is 4.74 Å². The second kappa shape index (κ2) is 5.40. The molecule has 0 saturated carbocycles. The number of nitrogen functional groups attached to an aromatic ring is 1. The molecular formula is C14H17N3O. The number of aromatic nitrogens is 1. The number of methoxy groups -OCH3 is 1. The first-order valence-corrected chi connectivity index (χ1v) is 5.81. The number of nitrogens with two attached hydrogens (primary N) is 1. The Hall–Kier alpha value is -2.23. The Bertz CT molecular complexity index is 514. The normalized spacial score (nSPS) is 11.9. The van der Waals surface area contributed by atoms with Crippen molar-refractivity contribution in [2.45, 2.75) is 13.0 Å². The molecule has 0 fully saturated rings. The fraction of sp³-hybridized carbons (Fsp3) is 0.214. The van der Waals surface area contributed by atoms with Gasteiger partial charge in [-0.25, -0.2) is 0 Å². The first kappa shape index (κ1) is 12.2. The molecule has 0 aliphatic rings. The van der Waals surface area contributed by atoms with Gasteiger partial charge in [0.1, 0.15) is 5.75 Å². The van der Waals surface area contributed by atoms with Crippen LogP contribution in [0.4, 0.5) is 11.4 Å². The molecule has 0 saturated heterocycles. The average molecular weight is 243 g/mol. The van der Waals surface area contributed by atoms with Crippen LogP contribution >= 0.6 is 0 Å². The monoisotopic (exact) mass is 243 g/mol. The van der Waals surface area contributed by atoms with Crippen LogP contribution in [0.5, 0.6) is 5.75 Å². The van der Waals surface area contributed by atoms with E-state index in [4.69, 9.17) is 10.5 Å². The highest BCUT2D eigenvalue weighted by atomic mass is 16.5. The van der Waals surface area contributed by atoms with E-state index in [0.717, 1.165) is 17.1 Å². The molecule has 1 heterocycles. The highest BCUT2D eigenvalue weighted by Crippen LogP contribution is 2.27. The van der Waals surface area contributed by atoms with Gasteiger partial charge in [-0.3, -0.25) is 4.98 Å². The molecule has 1 aromatic carbocycles. The zero-order valence-electron chi connectivity index (χ0n) is 10.6. The molecule has 2 rings (SSSR count). The van der Waals surface area contributed by atoms with Crippen LogP contribution in [-0.2, 0) is 0 Å². The summed E-state index contributed by atoms with van der Waals surface area (Å²) in [5.41, 5.74) is 8.45. The van der Waals surface area contributed by atoms with Gasteiger partial charge in [0.05, 0.1) is 30.2 Å². The minimum atomic E-state index is 0.0839. The number of rotatable bonds is 4. The van der Waals surface area contributed by atoms with Gasteiger partial charge in [0.15, 0.2) is 0 Å². The summed E-state index contributed by atoms with van der Waals surface area (Å²) in [6.45, 7) is 2.04. The van der Waals surface area contributed by atoms with Crippen molar-refractivity contribution in [1.29, 1.82) is 0 Å². The van der Waals surface area contributed by atoms with Crippen LogP contribution in [0, 0.1) is 0 Å². The van der Waals surface area contributed by atoms with Gasteiger partial charge in [0.2, 0.25) is 0 Å². The number of pyridine rings is 1. The summed E-state index contributed by atoms with van der Waals surface area (Å²) in [5, 5.41) is 3.33. The van der Waals surface area contributed by atoms with E-state index < -0.39 is 0 Å². The molecule has 0 amide bonds. The summed E-state index contributed by atoms with van der Waals surface area (Å²) in [7, 11) is 1.64. The van der Waals surface area contributed by atoms with Gasteiger partial charge in [0, 0.05) is 12.3 Å². The second-order valence-electron chi connectivity index (χ2n) is 4.07. The first-order chi connectivity index (χ1) is 8.70. The van der Waals surface area contributed by atoms with Gasteiger partial charge in [-0.15, -0.1) is 0 Å². The van der Waals surface area contributed by atoms with Crippen molar-refractivity contribution in [3.63, 3.8) is 0 Å². The fourth-order valence-corrected chi connectivity index (χ4v) is 1.73. The average Bonchev–Trinajstić information content (AvgIpc) is 2.42. The number of ether oxygens (including phenoxy) is 1. The Morgan fingerprint density at radius 1 is 1.28 bits per heavy atom. The van der Waals surface area contributed by atoms with Gasteiger partial charge >= 0.3 is 0 Å². The Labute approximate surface area is 107 Å². The van der Waals surface area contributed by atoms with Crippen molar-refractivity contribution >= 4 is 11.4 Å². The third-order valence-corrected chi connectivity index (χ3v) is 2.76. The Morgan fingerprint density at radius 2 is 2.11 bits per heavy atom. The summed E-state index contributed by atoms with van der Waals surface area (Å²) in [6.07, 6.45) is 1.78. The number of benzene rings is 1. The van der Waals surface area contributed by atoms with Crippen LogP contribution < -0.4 is 15.8 Å². The highest BCUT2D eigenvalue weighted by Gasteiger charge is 2.08. The summed E-state index contributed by atoms with van der Waals surface area (Å²) in [5.74, 6) is 0.778. The van der Waals surface area contributed by atoms with Crippen LogP contribution in [0.2, 0.25) is 0 Å². The molecule has 1 aromatic heterocycles. The molecule has 94 valence electrons. The molecule has 18 heavy (non-hydrogen) atoms.